The molecular formula is C40H50ClFN8O4. The van der Waals surface area contributed by atoms with Gasteiger partial charge in [-0.2, -0.15) is 15.0 Å². The van der Waals surface area contributed by atoms with Crippen LogP contribution >= 0.6 is 11.6 Å². The third-order valence-corrected chi connectivity index (χ3v) is 11.3. The molecule has 4 aromatic rings. The monoisotopic (exact) mass is 760 g/mol. The van der Waals surface area contributed by atoms with Gasteiger partial charge in [-0.25, -0.2) is 4.39 Å². The van der Waals surface area contributed by atoms with E-state index in [1.54, 1.807) is 13.2 Å². The Hall–Kier alpha value is -4.33. The lowest BCUT2D eigenvalue weighted by atomic mass is 10.0. The summed E-state index contributed by atoms with van der Waals surface area (Å²) in [5.74, 6) is 1.87. The minimum absolute atomic E-state index is 0.0886. The molecule has 4 saturated heterocycles. The number of hydrogen-bond acceptors (Lipinski definition) is 11. The van der Waals surface area contributed by atoms with Crippen molar-refractivity contribution in [1.29, 1.82) is 0 Å². The Morgan fingerprint density at radius 1 is 1.06 bits per heavy atom. The molecule has 54 heavy (non-hydrogen) atoms. The number of benzene rings is 2. The van der Waals surface area contributed by atoms with E-state index in [1.165, 1.54) is 18.9 Å². The van der Waals surface area contributed by atoms with Gasteiger partial charge in [0.15, 0.2) is 5.82 Å². The highest BCUT2D eigenvalue weighted by molar-refractivity contribution is 6.36. The molecule has 0 aliphatic carbocycles. The molecule has 14 heteroatoms. The van der Waals surface area contributed by atoms with Crippen molar-refractivity contribution in [2.24, 2.45) is 0 Å². The Morgan fingerprint density at radius 2 is 1.87 bits per heavy atom. The van der Waals surface area contributed by atoms with Crippen LogP contribution in [-0.4, -0.2) is 114 Å². The number of amides is 1. The van der Waals surface area contributed by atoms with Gasteiger partial charge in [0.2, 0.25) is 5.91 Å². The molecular weight excluding hydrogens is 711 g/mol. The van der Waals surface area contributed by atoms with Gasteiger partial charge in [0.1, 0.15) is 12.0 Å². The van der Waals surface area contributed by atoms with Crippen molar-refractivity contribution < 1.29 is 23.2 Å². The summed E-state index contributed by atoms with van der Waals surface area (Å²) in [6, 6.07) is 13.3. The maximum atomic E-state index is 13.0. The molecule has 0 saturated carbocycles. The second-order valence-electron chi connectivity index (χ2n) is 14.3. The average molecular weight is 761 g/mol. The second-order valence-corrected chi connectivity index (χ2v) is 14.7. The number of likely N-dealkylation sites (N-methyl/N-ethyl adjacent to an activating group) is 1. The zero-order valence-electron chi connectivity index (χ0n) is 31.6. The van der Waals surface area contributed by atoms with Crippen molar-refractivity contribution in [2.75, 3.05) is 69.9 Å². The molecule has 0 bridgehead atoms. The van der Waals surface area contributed by atoms with Crippen molar-refractivity contribution in [3.05, 3.63) is 70.5 Å². The van der Waals surface area contributed by atoms with Gasteiger partial charge in [0.25, 0.3) is 5.89 Å². The highest BCUT2D eigenvalue weighted by Gasteiger charge is 2.35. The normalized spacial score (nSPS) is 22.3. The van der Waals surface area contributed by atoms with Crippen LogP contribution in [0.4, 0.5) is 15.9 Å². The molecule has 5 aliphatic heterocycles. The van der Waals surface area contributed by atoms with Crippen molar-refractivity contribution in [2.45, 2.75) is 76.7 Å². The molecule has 4 fully saturated rings. The first kappa shape index (κ1) is 38.0. The van der Waals surface area contributed by atoms with E-state index in [-0.39, 0.29) is 17.9 Å². The number of alkyl halides is 1. The summed E-state index contributed by atoms with van der Waals surface area (Å²) in [6.07, 6.45) is 7.49. The number of methoxy groups -OCH3 is 1. The van der Waals surface area contributed by atoms with Crippen molar-refractivity contribution >= 4 is 45.9 Å². The summed E-state index contributed by atoms with van der Waals surface area (Å²) in [6.45, 7) is 9.70. The van der Waals surface area contributed by atoms with Crippen LogP contribution in [0.15, 0.2) is 47.0 Å². The van der Waals surface area contributed by atoms with Crippen LogP contribution in [0, 0.1) is 0 Å². The van der Waals surface area contributed by atoms with E-state index in [2.05, 4.69) is 49.1 Å². The van der Waals surface area contributed by atoms with E-state index in [0.29, 0.717) is 63.2 Å². The number of aromatic nitrogens is 4. The second kappa shape index (κ2) is 17.0. The fourth-order valence-electron chi connectivity index (χ4n) is 8.09. The topological polar surface area (TPSA) is 113 Å². The van der Waals surface area contributed by atoms with E-state index >= 15 is 0 Å². The fourth-order valence-corrected chi connectivity index (χ4v) is 8.37. The number of hydrogen-bond donors (Lipinski definition) is 0. The van der Waals surface area contributed by atoms with Gasteiger partial charge in [-0.3, -0.25) is 9.69 Å². The zero-order chi connectivity index (χ0) is 37.8. The Kier molecular flexibility index (Phi) is 11.9. The number of fused-ring (bicyclic) bond motifs is 3. The van der Waals surface area contributed by atoms with E-state index in [4.69, 9.17) is 35.6 Å². The van der Waals surface area contributed by atoms with Crippen molar-refractivity contribution in [1.82, 2.24) is 29.9 Å². The number of rotatable bonds is 7. The lowest BCUT2D eigenvalue weighted by Gasteiger charge is -2.34. The lowest BCUT2D eigenvalue weighted by molar-refractivity contribution is -0.124. The van der Waals surface area contributed by atoms with E-state index < -0.39 is 6.17 Å². The van der Waals surface area contributed by atoms with Gasteiger partial charge < -0.3 is 28.7 Å². The van der Waals surface area contributed by atoms with Gasteiger partial charge in [-0.05, 0) is 56.2 Å². The number of carbonyl (C=O) groups is 1. The molecule has 0 radical (unpaired) electrons. The standard InChI is InChI=1S/C31H32ClN7O4.C7H12FN.C2H6/c1-37(21-11-13-39(15-21)27(40)10-9-26-34-29(36-43-26)20-17-42-18-20)30-22-12-14-38(16-24(22)33-31(35-30)41-2)25-8-4-6-19-5-3-7-23(32)28(19)25;8-6-4-7-2-1-3-9(7)5-6;1-2/h3-10,20-21H,11-18H2,1-2H3;6-7H,1-5H2;1-2H3/b10-9+;;. The number of nitrogens with zero attached hydrogens (tertiary/aromatic N) is 8. The Balaban J connectivity index is 0.000000352. The average Bonchev–Trinajstić information content (AvgIpc) is 4.00. The maximum Gasteiger partial charge on any atom is 0.318 e. The SMILES string of the molecule is CC.COc1nc2c(c(N(C)C3CCN(C(=O)/C=C/c4nc(C5COC5)no4)C3)n1)CCN(c1cccc3cccc(Cl)c13)C2.FC1CC2CCCN2C1. The molecule has 0 N–H and O–H groups in total. The van der Waals surface area contributed by atoms with Crippen LogP contribution in [0.1, 0.15) is 68.4 Å². The molecule has 288 valence electrons. The molecule has 0 spiro atoms. The van der Waals surface area contributed by atoms with Gasteiger partial charge in [-0.15, -0.1) is 0 Å². The van der Waals surface area contributed by atoms with Crippen molar-refractivity contribution in [3.8, 4) is 6.01 Å². The summed E-state index contributed by atoms with van der Waals surface area (Å²) in [5.41, 5.74) is 3.14. The van der Waals surface area contributed by atoms with Gasteiger partial charge >= 0.3 is 6.01 Å². The first-order valence-electron chi connectivity index (χ1n) is 19.2. The lowest BCUT2D eigenvalue weighted by Crippen LogP contribution is -2.39. The molecule has 2 aromatic carbocycles. The maximum absolute atomic E-state index is 13.0. The van der Waals surface area contributed by atoms with Crippen molar-refractivity contribution in [3.63, 3.8) is 0 Å². The van der Waals surface area contributed by atoms with Gasteiger partial charge in [0, 0.05) is 74.1 Å². The molecule has 7 heterocycles. The third-order valence-electron chi connectivity index (χ3n) is 11.0. The summed E-state index contributed by atoms with van der Waals surface area (Å²) < 4.78 is 28.6. The minimum atomic E-state index is -0.518. The smallest absolute Gasteiger partial charge is 0.318 e. The largest absolute Gasteiger partial charge is 0.467 e. The fraction of sp³-hybridized carbons (Fsp3) is 0.525. The number of halogens is 2. The molecule has 1 amide bonds. The van der Waals surface area contributed by atoms with Crippen LogP contribution in [0.25, 0.3) is 16.8 Å². The molecule has 3 atom stereocenters. The van der Waals surface area contributed by atoms with E-state index in [0.717, 1.165) is 70.9 Å². The molecule has 3 unspecified atom stereocenters. The van der Waals surface area contributed by atoms with E-state index in [9.17, 15) is 9.18 Å². The predicted molar refractivity (Wildman–Crippen MR) is 208 cm³/mol. The van der Waals surface area contributed by atoms with Crippen LogP contribution in [0.3, 0.4) is 0 Å². The number of anilines is 2. The van der Waals surface area contributed by atoms with Gasteiger partial charge in [-0.1, -0.05) is 54.9 Å². The van der Waals surface area contributed by atoms with E-state index in [1.807, 2.05) is 37.9 Å². The first-order chi connectivity index (χ1) is 26.3. The highest BCUT2D eigenvalue weighted by Crippen LogP contribution is 2.37. The minimum Gasteiger partial charge on any atom is -0.467 e. The first-order valence-corrected chi connectivity index (χ1v) is 19.6. The van der Waals surface area contributed by atoms with Crippen LogP contribution in [0.5, 0.6) is 6.01 Å². The van der Waals surface area contributed by atoms with Crippen LogP contribution in [-0.2, 0) is 22.5 Å². The Bertz CT molecular complexity index is 1940. The predicted octanol–water partition coefficient (Wildman–Crippen LogP) is 6.32. The molecule has 9 rings (SSSR count). The summed E-state index contributed by atoms with van der Waals surface area (Å²) in [5, 5.41) is 6.88. The Labute approximate surface area is 321 Å². The highest BCUT2D eigenvalue weighted by atomic mass is 35.5. The summed E-state index contributed by atoms with van der Waals surface area (Å²) in [7, 11) is 3.63. The summed E-state index contributed by atoms with van der Waals surface area (Å²) in [4.78, 5) is 35.5. The Morgan fingerprint density at radius 3 is 2.63 bits per heavy atom. The van der Waals surface area contributed by atoms with Crippen LogP contribution in [0.2, 0.25) is 5.02 Å². The number of likely N-dealkylation sites (tertiary alicyclic amines) is 1. The zero-order valence-corrected chi connectivity index (χ0v) is 32.3. The summed E-state index contributed by atoms with van der Waals surface area (Å²) >= 11 is 6.65. The molecule has 2 aromatic heterocycles. The number of ether oxygens (including phenoxy) is 2. The van der Waals surface area contributed by atoms with Gasteiger partial charge in [0.05, 0.1) is 43.5 Å². The van der Waals surface area contributed by atoms with Crippen LogP contribution < -0.4 is 14.5 Å². The third kappa shape index (κ3) is 8.04. The molecule has 12 nitrogen and oxygen atoms in total. The quantitative estimate of drug-likeness (QED) is 0.197. The molecule has 5 aliphatic rings. The number of carbonyl (C=O) groups excluding carboxylic acids is 1.